The predicted octanol–water partition coefficient (Wildman–Crippen LogP) is 3.69. The van der Waals surface area contributed by atoms with Gasteiger partial charge in [0.1, 0.15) is 11.7 Å². The Labute approximate surface area is 342 Å². The molecule has 0 aromatic carbocycles. The van der Waals surface area contributed by atoms with Gasteiger partial charge in [0.25, 0.3) is 0 Å². The first-order valence-corrected chi connectivity index (χ1v) is 19.2. The van der Waals surface area contributed by atoms with Crippen LogP contribution < -0.4 is 15.3 Å². The Hall–Kier alpha value is -4.87. The number of carboxylic acids is 3. The summed E-state index contributed by atoms with van der Waals surface area (Å²) >= 11 is 0. The Morgan fingerprint density at radius 3 is 1.86 bits per heavy atom. The Kier molecular flexibility index (Phi) is 16.8. The largest absolute Gasteiger partial charge is 0.550 e. The number of ether oxygens (including phenoxy) is 2. The van der Waals surface area contributed by atoms with Crippen LogP contribution in [0.1, 0.15) is 115 Å². The maximum atomic E-state index is 13.1. The molecule has 2 aliphatic carbocycles. The van der Waals surface area contributed by atoms with Gasteiger partial charge in [-0.15, -0.1) is 5.73 Å². The molecule has 2 N–H and O–H groups in total. The van der Waals surface area contributed by atoms with Gasteiger partial charge in [-0.1, -0.05) is 87.4 Å². The highest BCUT2D eigenvalue weighted by molar-refractivity contribution is 5.97. The first-order chi connectivity index (χ1) is 26.6. The van der Waals surface area contributed by atoms with Crippen molar-refractivity contribution < 1.29 is 59.0 Å². The summed E-state index contributed by atoms with van der Waals surface area (Å²) in [5.41, 5.74) is 4.42. The molecule has 0 radical (unpaired) electrons. The molecule has 0 amide bonds. The van der Waals surface area contributed by atoms with E-state index >= 15 is 0 Å². The number of carboxylic acid groups (broad SMARTS) is 3. The number of esters is 1. The molecule has 0 aromatic rings. The number of aliphatic hydroxyl groups excluding tert-OH is 1. The second kappa shape index (κ2) is 19.7. The smallest absolute Gasteiger partial charge is 0.302 e. The van der Waals surface area contributed by atoms with Crippen LogP contribution in [0.3, 0.4) is 0 Å². The Balaban J connectivity index is 0.000000834. The first kappa shape index (κ1) is 49.3. The molecule has 3 aliphatic rings. The van der Waals surface area contributed by atoms with Gasteiger partial charge in [0.05, 0.1) is 29.2 Å². The van der Waals surface area contributed by atoms with Gasteiger partial charge in [-0.3, -0.25) is 9.59 Å². The van der Waals surface area contributed by atoms with E-state index < -0.39 is 46.7 Å². The van der Waals surface area contributed by atoms with Crippen LogP contribution in [-0.4, -0.2) is 68.9 Å². The molecule has 1 heterocycles. The van der Waals surface area contributed by atoms with E-state index in [-0.39, 0.29) is 40.9 Å². The van der Waals surface area contributed by atoms with Crippen molar-refractivity contribution in [3.8, 4) is 0 Å². The van der Waals surface area contributed by atoms with Crippen molar-refractivity contribution in [3.05, 3.63) is 99.9 Å². The topological polar surface area (TPSA) is 217 Å². The molecular formula is C46H59O12-3. The minimum absolute atomic E-state index is 0.0791. The fourth-order valence-corrected chi connectivity index (χ4v) is 8.09. The first-order valence-electron chi connectivity index (χ1n) is 19.2. The van der Waals surface area contributed by atoms with Gasteiger partial charge < -0.3 is 49.4 Å². The molecular weight excluding hydrogens is 744 g/mol. The summed E-state index contributed by atoms with van der Waals surface area (Å²) in [7, 11) is 0. The van der Waals surface area contributed by atoms with E-state index in [1.54, 1.807) is 6.92 Å². The average molecular weight is 804 g/mol. The lowest BCUT2D eigenvalue weighted by Crippen LogP contribution is -2.48. The zero-order chi connectivity index (χ0) is 44.4. The third kappa shape index (κ3) is 13.9. The van der Waals surface area contributed by atoms with Crippen molar-refractivity contribution in [2.45, 2.75) is 144 Å². The minimum Gasteiger partial charge on any atom is -0.550 e. The quantitative estimate of drug-likeness (QED) is 0.0846. The van der Waals surface area contributed by atoms with Crippen LogP contribution in [0.4, 0.5) is 0 Å². The molecule has 12 nitrogen and oxygen atoms in total. The molecule has 0 spiro atoms. The second-order valence-electron chi connectivity index (χ2n) is 17.3. The predicted molar refractivity (Wildman–Crippen MR) is 213 cm³/mol. The van der Waals surface area contributed by atoms with Crippen molar-refractivity contribution in [2.24, 2.45) is 10.8 Å². The highest BCUT2D eigenvalue weighted by atomic mass is 16.6. The molecule has 0 bridgehead atoms. The molecule has 318 valence electrons. The summed E-state index contributed by atoms with van der Waals surface area (Å²) in [6.45, 7) is 21.4. The van der Waals surface area contributed by atoms with Gasteiger partial charge in [0.15, 0.2) is 5.78 Å². The summed E-state index contributed by atoms with van der Waals surface area (Å²) in [6, 6.07) is 0. The minimum atomic E-state index is -1.87. The molecule has 0 aromatic heterocycles. The van der Waals surface area contributed by atoms with Crippen molar-refractivity contribution in [3.63, 3.8) is 0 Å². The van der Waals surface area contributed by atoms with E-state index in [2.05, 4.69) is 19.6 Å². The third-order valence-corrected chi connectivity index (χ3v) is 10.8. The summed E-state index contributed by atoms with van der Waals surface area (Å²) in [4.78, 5) is 54.2. The van der Waals surface area contributed by atoms with Crippen LogP contribution in [0.25, 0.3) is 0 Å². The molecule has 12 heteroatoms. The number of allylic oxidation sites excluding steroid dienone is 12. The van der Waals surface area contributed by atoms with Crippen molar-refractivity contribution in [1.29, 1.82) is 0 Å². The fraction of sp³-hybridized carbons (Fsp3) is 0.522. The number of aliphatic carboxylic acids is 3. The maximum absolute atomic E-state index is 13.1. The Morgan fingerprint density at radius 2 is 1.38 bits per heavy atom. The number of Topliss-reactive ketones (excluding diaryl/α,β-unsaturated/α-hetero) is 1. The summed E-state index contributed by atoms with van der Waals surface area (Å²) in [6.07, 6.45) is 18.7. The normalized spacial score (nSPS) is 28.5. The summed E-state index contributed by atoms with van der Waals surface area (Å²) < 4.78 is 11.6. The van der Waals surface area contributed by atoms with Crippen LogP contribution in [0, 0.1) is 10.8 Å². The highest BCUT2D eigenvalue weighted by Crippen LogP contribution is 2.67. The van der Waals surface area contributed by atoms with Crippen LogP contribution in [0.15, 0.2) is 99.9 Å². The van der Waals surface area contributed by atoms with Gasteiger partial charge in [-0.25, -0.2) is 0 Å². The summed E-state index contributed by atoms with van der Waals surface area (Å²) in [5.74, 6) is -5.62. The van der Waals surface area contributed by atoms with E-state index in [1.807, 2.05) is 103 Å². The van der Waals surface area contributed by atoms with Gasteiger partial charge in [0, 0.05) is 44.1 Å². The van der Waals surface area contributed by atoms with Crippen LogP contribution >= 0.6 is 0 Å². The number of epoxide rings is 1. The van der Waals surface area contributed by atoms with E-state index in [0.29, 0.717) is 37.7 Å². The molecule has 2 saturated carbocycles. The summed E-state index contributed by atoms with van der Waals surface area (Å²) in [5, 5.41) is 51.1. The molecule has 3 rings (SSSR count). The lowest BCUT2D eigenvalue weighted by molar-refractivity contribution is -0.310. The van der Waals surface area contributed by atoms with Crippen LogP contribution in [-0.2, 0) is 33.4 Å². The maximum Gasteiger partial charge on any atom is 0.302 e. The van der Waals surface area contributed by atoms with Crippen molar-refractivity contribution >= 4 is 29.7 Å². The monoisotopic (exact) mass is 803 g/mol. The molecule has 5 atom stereocenters. The number of aliphatic hydroxyl groups is 2. The van der Waals surface area contributed by atoms with Gasteiger partial charge in [0.2, 0.25) is 0 Å². The number of hydrogen-bond acceptors (Lipinski definition) is 12. The Bertz CT molecular complexity index is 1880. The molecule has 3 fully saturated rings. The zero-order valence-electron chi connectivity index (χ0n) is 35.6. The number of fused-ring (bicyclic) bond motifs is 1. The Morgan fingerprint density at radius 1 is 0.810 bits per heavy atom. The lowest BCUT2D eigenvalue weighted by Gasteiger charge is -2.44. The number of rotatable bonds is 14. The average Bonchev–Trinajstić information content (AvgIpc) is 3.66. The van der Waals surface area contributed by atoms with E-state index in [0.717, 1.165) is 22.3 Å². The van der Waals surface area contributed by atoms with Crippen LogP contribution in [0.2, 0.25) is 0 Å². The van der Waals surface area contributed by atoms with Gasteiger partial charge >= 0.3 is 5.97 Å². The van der Waals surface area contributed by atoms with E-state index in [4.69, 9.17) is 9.47 Å². The standard InChI is InChI=1S/C40H56O6.C6H6O6/c1-27(14-12-15-29(3)20-21-35-36(6,7)24-33(45-31(5)41)25-38(35,10)44)18-19-28(2)16-13-17-30(4)34(43)26-40-37(8,9)22-32(42)23-39(40,11)46-40;7-4(8)1-3(6(11)12)2-5(9)10/h12-20,32-33,42,44H,22-26H2,1-11H3;1H,2H2,(H,7,8)(H,9,10)(H,11,12)/p-3/b14-12+,16-13+,27-18+,28-19+,29-15+,30-17+;/t21?,32-,33-,38+,39+,40-;/m0./s1. The number of hydrogen-bond donors (Lipinski definition) is 2. The molecule has 58 heavy (non-hydrogen) atoms. The molecule has 1 aliphatic heterocycles. The highest BCUT2D eigenvalue weighted by Gasteiger charge is 2.76. The fourth-order valence-electron chi connectivity index (χ4n) is 8.09. The third-order valence-electron chi connectivity index (χ3n) is 10.8. The zero-order valence-corrected chi connectivity index (χ0v) is 35.6. The second-order valence-corrected chi connectivity index (χ2v) is 17.3. The number of ketones is 1. The van der Waals surface area contributed by atoms with E-state index in [1.165, 1.54) is 6.92 Å². The number of carbonyl (C=O) groups excluding carboxylic acids is 5. The molecule has 1 saturated heterocycles. The van der Waals surface area contributed by atoms with E-state index in [9.17, 15) is 49.5 Å². The van der Waals surface area contributed by atoms with Crippen LogP contribution in [0.5, 0.6) is 0 Å². The van der Waals surface area contributed by atoms with Crippen molar-refractivity contribution in [1.82, 2.24) is 0 Å². The van der Waals surface area contributed by atoms with Gasteiger partial charge in [-0.05, 0) is 94.1 Å². The lowest BCUT2D eigenvalue weighted by atomic mass is 9.61. The number of carbonyl (C=O) groups is 5. The SMILES string of the molecule is CC(=O)O[C@H]1CC(C)(C)C(=C=C/C(C)=C/C=C/C(C)=C/C=C(C)/C=C/C=C(\C)C(=O)C[C@@]23O[C@]2(C)C[C@@H](O)CC3(C)C)[C@](C)(O)C1.O=C([O-])C=C(CC(=O)[O-])C(=O)[O-]. The molecule has 0 unspecified atom stereocenters. The van der Waals surface area contributed by atoms with Crippen molar-refractivity contribution in [2.75, 3.05) is 0 Å². The van der Waals surface area contributed by atoms with Gasteiger partial charge in [-0.2, -0.15) is 0 Å².